The summed E-state index contributed by atoms with van der Waals surface area (Å²) in [4.78, 5) is 8.92. The maximum absolute atomic E-state index is 13.7. The van der Waals surface area contributed by atoms with Crippen LogP contribution in [0.15, 0.2) is 77.6 Å². The van der Waals surface area contributed by atoms with E-state index in [-0.39, 0.29) is 17.1 Å². The van der Waals surface area contributed by atoms with Crippen LogP contribution < -0.4 is 0 Å². The average molecular weight is 503 g/mol. The van der Waals surface area contributed by atoms with Crippen LogP contribution in [0, 0.1) is 5.82 Å². The van der Waals surface area contributed by atoms with Crippen LogP contribution in [0.5, 0.6) is 0 Å². The molecule has 5 aromatic rings. The monoisotopic (exact) mass is 502 g/mol. The Labute approximate surface area is 207 Å². The molecule has 0 aliphatic heterocycles. The minimum Gasteiger partial charge on any atom is -0.438 e. The highest BCUT2D eigenvalue weighted by Crippen LogP contribution is 2.40. The van der Waals surface area contributed by atoms with Crippen LogP contribution >= 0.6 is 0 Å². The number of hydrogen-bond acceptors (Lipinski definition) is 6. The molecule has 3 heterocycles. The van der Waals surface area contributed by atoms with Crippen molar-refractivity contribution in [3.05, 3.63) is 79.0 Å². The lowest BCUT2D eigenvalue weighted by Gasteiger charge is -2.10. The standard InChI is InChI=1S/C27H23FN4O3S/c1-36(33,34)21-12-11-20(13-21)32-15-23(25(31-32)18-7-9-19(28)10-8-18)26-22-14-24(17-5-3-2-4-6-17)35-27(22)30-16-29-26/h2-10,14-16,20-21H,11-13H2,1H3/t20?,21-/m0/s1. The van der Waals surface area contributed by atoms with E-state index < -0.39 is 9.84 Å². The largest absolute Gasteiger partial charge is 0.438 e. The normalized spacial score (nSPS) is 18.2. The molecule has 2 aromatic carbocycles. The second kappa shape index (κ2) is 8.67. The predicted octanol–water partition coefficient (Wildman–Crippen LogP) is 5.70. The molecule has 0 N–H and O–H groups in total. The fourth-order valence-electron chi connectivity index (χ4n) is 4.93. The molecule has 6 rings (SSSR count). The van der Waals surface area contributed by atoms with Gasteiger partial charge in [-0.05, 0) is 49.6 Å². The van der Waals surface area contributed by atoms with Crippen LogP contribution in [-0.2, 0) is 9.84 Å². The molecule has 2 atom stereocenters. The van der Waals surface area contributed by atoms with Crippen LogP contribution in [0.3, 0.4) is 0 Å². The number of furan rings is 1. The lowest BCUT2D eigenvalue weighted by atomic mass is 10.0. The first-order chi connectivity index (χ1) is 17.4. The van der Waals surface area contributed by atoms with Gasteiger partial charge in [0.25, 0.3) is 0 Å². The number of hydrogen-bond donors (Lipinski definition) is 0. The fraction of sp³-hybridized carbons (Fsp3) is 0.222. The first-order valence-corrected chi connectivity index (χ1v) is 13.7. The quantitative estimate of drug-likeness (QED) is 0.306. The van der Waals surface area contributed by atoms with E-state index in [0.717, 1.165) is 22.1 Å². The molecule has 7 nitrogen and oxygen atoms in total. The van der Waals surface area contributed by atoms with Gasteiger partial charge in [-0.2, -0.15) is 5.10 Å². The van der Waals surface area contributed by atoms with Crippen molar-refractivity contribution < 1.29 is 17.2 Å². The van der Waals surface area contributed by atoms with E-state index in [1.54, 1.807) is 12.1 Å². The first kappa shape index (κ1) is 22.6. The Balaban J connectivity index is 1.49. The van der Waals surface area contributed by atoms with Gasteiger partial charge in [-0.25, -0.2) is 22.8 Å². The summed E-state index contributed by atoms with van der Waals surface area (Å²) in [7, 11) is -3.12. The number of sulfone groups is 1. The lowest BCUT2D eigenvalue weighted by Crippen LogP contribution is -2.17. The summed E-state index contributed by atoms with van der Waals surface area (Å²) in [6.45, 7) is 0. The number of nitrogens with zero attached hydrogens (tertiary/aromatic N) is 4. The van der Waals surface area contributed by atoms with Gasteiger partial charge >= 0.3 is 0 Å². The van der Waals surface area contributed by atoms with Gasteiger partial charge in [-0.1, -0.05) is 30.3 Å². The molecule has 36 heavy (non-hydrogen) atoms. The molecular weight excluding hydrogens is 479 g/mol. The second-order valence-electron chi connectivity index (χ2n) is 9.21. The average Bonchev–Trinajstić information content (AvgIpc) is 3.62. The van der Waals surface area contributed by atoms with Gasteiger partial charge in [0.15, 0.2) is 0 Å². The van der Waals surface area contributed by atoms with Crippen molar-refractivity contribution in [2.75, 3.05) is 6.26 Å². The molecule has 0 spiro atoms. The van der Waals surface area contributed by atoms with Crippen molar-refractivity contribution in [1.29, 1.82) is 0 Å². The smallest absolute Gasteiger partial charge is 0.230 e. The van der Waals surface area contributed by atoms with Crippen LogP contribution in [0.4, 0.5) is 4.39 Å². The summed E-state index contributed by atoms with van der Waals surface area (Å²) in [5, 5.41) is 5.22. The summed E-state index contributed by atoms with van der Waals surface area (Å²) in [5.41, 5.74) is 4.15. The van der Waals surface area contributed by atoms with Crippen LogP contribution in [-0.4, -0.2) is 39.7 Å². The van der Waals surface area contributed by atoms with Gasteiger partial charge in [0.05, 0.1) is 22.4 Å². The van der Waals surface area contributed by atoms with Gasteiger partial charge in [-0.3, -0.25) is 4.68 Å². The summed E-state index contributed by atoms with van der Waals surface area (Å²) in [6, 6.07) is 17.8. The molecule has 1 fully saturated rings. The SMILES string of the molecule is CS(=O)(=O)[C@H]1CCC(n2cc(-c3ncnc4oc(-c5ccccc5)cc34)c(-c3ccc(F)cc3)n2)C1. The highest BCUT2D eigenvalue weighted by Gasteiger charge is 2.33. The molecule has 0 saturated heterocycles. The molecule has 1 unspecified atom stereocenters. The van der Waals surface area contributed by atoms with E-state index in [1.807, 2.05) is 47.3 Å². The Morgan fingerprint density at radius 2 is 1.75 bits per heavy atom. The molecule has 3 aromatic heterocycles. The number of aromatic nitrogens is 4. The molecule has 1 aliphatic carbocycles. The predicted molar refractivity (Wildman–Crippen MR) is 135 cm³/mol. The topological polar surface area (TPSA) is 90.9 Å². The third-order valence-electron chi connectivity index (χ3n) is 6.83. The van der Waals surface area contributed by atoms with E-state index in [2.05, 4.69) is 9.97 Å². The summed E-state index contributed by atoms with van der Waals surface area (Å²) in [6.07, 6.45) is 6.47. The molecule has 0 amide bonds. The number of fused-ring (bicyclic) bond motifs is 1. The van der Waals surface area contributed by atoms with Crippen LogP contribution in [0.1, 0.15) is 25.3 Å². The number of halogens is 1. The van der Waals surface area contributed by atoms with Gasteiger partial charge in [-0.15, -0.1) is 0 Å². The molecule has 1 saturated carbocycles. The number of rotatable bonds is 5. The van der Waals surface area contributed by atoms with Crippen molar-refractivity contribution in [1.82, 2.24) is 19.7 Å². The van der Waals surface area contributed by atoms with Crippen molar-refractivity contribution in [3.8, 4) is 33.8 Å². The number of benzene rings is 2. The molecule has 0 radical (unpaired) electrons. The van der Waals surface area contributed by atoms with E-state index >= 15 is 0 Å². The Morgan fingerprint density at radius 3 is 2.47 bits per heavy atom. The Bertz CT molecular complexity index is 1660. The maximum Gasteiger partial charge on any atom is 0.230 e. The van der Waals surface area contributed by atoms with Crippen LogP contribution in [0.25, 0.3) is 44.9 Å². The Hall–Kier alpha value is -3.85. The summed E-state index contributed by atoms with van der Waals surface area (Å²) < 4.78 is 45.8. The minimum atomic E-state index is -3.12. The van der Waals surface area contributed by atoms with Gasteiger partial charge in [0.1, 0.15) is 33.4 Å². The highest BCUT2D eigenvalue weighted by atomic mass is 32.2. The summed E-state index contributed by atoms with van der Waals surface area (Å²) >= 11 is 0. The van der Waals surface area contributed by atoms with Gasteiger partial charge < -0.3 is 4.42 Å². The van der Waals surface area contributed by atoms with Gasteiger partial charge in [0, 0.05) is 29.1 Å². The van der Waals surface area contributed by atoms with Crippen molar-refractivity contribution in [2.24, 2.45) is 0 Å². The zero-order valence-corrected chi connectivity index (χ0v) is 20.3. The molecule has 1 aliphatic rings. The third-order valence-corrected chi connectivity index (χ3v) is 8.47. The lowest BCUT2D eigenvalue weighted by molar-refractivity contribution is 0.467. The zero-order valence-electron chi connectivity index (χ0n) is 19.5. The van der Waals surface area contributed by atoms with E-state index in [4.69, 9.17) is 9.52 Å². The van der Waals surface area contributed by atoms with Crippen molar-refractivity contribution in [3.63, 3.8) is 0 Å². The first-order valence-electron chi connectivity index (χ1n) is 11.7. The molecule has 0 bridgehead atoms. The Kier molecular flexibility index (Phi) is 5.44. The van der Waals surface area contributed by atoms with Crippen molar-refractivity contribution in [2.45, 2.75) is 30.6 Å². The zero-order chi connectivity index (χ0) is 24.9. The van der Waals surface area contributed by atoms with E-state index in [0.29, 0.717) is 42.1 Å². The molecule has 9 heteroatoms. The maximum atomic E-state index is 13.7. The van der Waals surface area contributed by atoms with E-state index in [1.165, 1.54) is 24.7 Å². The fourth-order valence-corrected chi connectivity index (χ4v) is 6.07. The third kappa shape index (κ3) is 4.09. The minimum absolute atomic E-state index is 0.0563. The summed E-state index contributed by atoms with van der Waals surface area (Å²) in [5.74, 6) is 0.341. The second-order valence-corrected chi connectivity index (χ2v) is 11.5. The van der Waals surface area contributed by atoms with Crippen LogP contribution in [0.2, 0.25) is 0 Å². The highest BCUT2D eigenvalue weighted by molar-refractivity contribution is 7.91. The Morgan fingerprint density at radius 1 is 0.972 bits per heavy atom. The van der Waals surface area contributed by atoms with E-state index in [9.17, 15) is 12.8 Å². The molecule has 182 valence electrons. The van der Waals surface area contributed by atoms with Crippen molar-refractivity contribution >= 4 is 20.9 Å². The van der Waals surface area contributed by atoms with Gasteiger partial charge in [0.2, 0.25) is 5.71 Å². The molecular formula is C27H23FN4O3S.